The molecule has 1 heterocycles. The van der Waals surface area contributed by atoms with E-state index in [4.69, 9.17) is 14.0 Å². The summed E-state index contributed by atoms with van der Waals surface area (Å²) in [7, 11) is 0.470. The molecule has 0 radical (unpaired) electrons. The van der Waals surface area contributed by atoms with Crippen molar-refractivity contribution in [1.29, 1.82) is 0 Å². The highest BCUT2D eigenvalue weighted by atomic mass is 31.1. The summed E-state index contributed by atoms with van der Waals surface area (Å²) in [6.45, 7) is 8.37. The average Bonchev–Trinajstić information content (AvgIpc) is 2.97. The summed E-state index contributed by atoms with van der Waals surface area (Å²) in [6, 6.07) is 27.4. The minimum atomic E-state index is -0.856. The van der Waals surface area contributed by atoms with Gasteiger partial charge in [0.2, 0.25) is 0 Å². The average molecular weight is 418 g/mol. The molecule has 1 atom stereocenters. The van der Waals surface area contributed by atoms with E-state index >= 15 is 0 Å². The predicted molar refractivity (Wildman–Crippen MR) is 127 cm³/mol. The van der Waals surface area contributed by atoms with E-state index in [1.54, 1.807) is 7.11 Å². The number of para-hydroxylation sites is 1. The van der Waals surface area contributed by atoms with Crippen molar-refractivity contribution in [2.45, 2.75) is 38.9 Å². The summed E-state index contributed by atoms with van der Waals surface area (Å²) < 4.78 is 18.6. The lowest BCUT2D eigenvalue weighted by Gasteiger charge is -2.32. The zero-order valence-corrected chi connectivity index (χ0v) is 19.1. The minimum absolute atomic E-state index is 0.384. The lowest BCUT2D eigenvalue weighted by atomic mass is 9.79. The Balaban J connectivity index is 1.88. The highest BCUT2D eigenvalue weighted by molar-refractivity contribution is 7.80. The standard InChI is InChI=1S/C25H28BO3P/c1-24(2)25(3,4)29-26(28-24)20-15-9-11-17-22(20)30(19-13-7-6-8-14-19)23-18-12-10-16-21(23)27-5/h6-18H,1-5H3/t30-/m0/s1. The van der Waals surface area contributed by atoms with Crippen LogP contribution in [0.2, 0.25) is 0 Å². The maximum atomic E-state index is 6.43. The summed E-state index contributed by atoms with van der Waals surface area (Å²) in [5.41, 5.74) is 0.312. The van der Waals surface area contributed by atoms with Gasteiger partial charge in [-0.25, -0.2) is 0 Å². The van der Waals surface area contributed by atoms with Crippen LogP contribution in [-0.4, -0.2) is 25.4 Å². The summed E-state index contributed by atoms with van der Waals surface area (Å²) >= 11 is 0. The Morgan fingerprint density at radius 1 is 0.700 bits per heavy atom. The first-order valence-electron chi connectivity index (χ1n) is 10.3. The second-order valence-electron chi connectivity index (χ2n) is 8.49. The second kappa shape index (κ2) is 8.19. The van der Waals surface area contributed by atoms with Gasteiger partial charge in [-0.3, -0.25) is 0 Å². The Morgan fingerprint density at radius 2 is 1.23 bits per heavy atom. The molecule has 1 aliphatic rings. The van der Waals surface area contributed by atoms with Crippen LogP contribution in [0, 0.1) is 0 Å². The third kappa shape index (κ3) is 3.80. The van der Waals surface area contributed by atoms with Crippen LogP contribution >= 0.6 is 7.92 Å². The first kappa shape index (κ1) is 21.1. The molecular formula is C25H28BO3P. The zero-order valence-electron chi connectivity index (χ0n) is 18.3. The van der Waals surface area contributed by atoms with Crippen LogP contribution in [0.3, 0.4) is 0 Å². The predicted octanol–water partition coefficient (Wildman–Crippen LogP) is 3.75. The van der Waals surface area contributed by atoms with Gasteiger partial charge >= 0.3 is 7.12 Å². The van der Waals surface area contributed by atoms with E-state index in [2.05, 4.69) is 94.4 Å². The van der Waals surface area contributed by atoms with E-state index in [0.29, 0.717) is 0 Å². The minimum Gasteiger partial charge on any atom is -0.496 e. The van der Waals surface area contributed by atoms with Crippen molar-refractivity contribution in [2.24, 2.45) is 0 Å². The summed E-state index contributed by atoms with van der Waals surface area (Å²) in [5, 5.41) is 3.67. The fourth-order valence-corrected chi connectivity index (χ4v) is 6.24. The van der Waals surface area contributed by atoms with Crippen LogP contribution < -0.4 is 26.1 Å². The Hall–Kier alpha value is -2.13. The zero-order chi connectivity index (χ0) is 21.4. The fraction of sp³-hybridized carbons (Fsp3) is 0.280. The number of hydrogen-bond acceptors (Lipinski definition) is 3. The second-order valence-corrected chi connectivity index (χ2v) is 10.6. The van der Waals surface area contributed by atoms with E-state index in [1.807, 2.05) is 12.1 Å². The van der Waals surface area contributed by atoms with Crippen molar-refractivity contribution in [3.8, 4) is 5.75 Å². The molecule has 0 amide bonds. The molecule has 0 aromatic heterocycles. The molecule has 154 valence electrons. The van der Waals surface area contributed by atoms with Crippen molar-refractivity contribution >= 4 is 36.4 Å². The van der Waals surface area contributed by atoms with Gasteiger partial charge in [0.15, 0.2) is 0 Å². The summed E-state index contributed by atoms with van der Waals surface area (Å²) in [4.78, 5) is 0. The quantitative estimate of drug-likeness (QED) is 0.467. The number of rotatable bonds is 5. The van der Waals surface area contributed by atoms with Crippen LogP contribution in [0.15, 0.2) is 78.9 Å². The van der Waals surface area contributed by atoms with Gasteiger partial charge in [0.05, 0.1) is 18.3 Å². The van der Waals surface area contributed by atoms with Crippen LogP contribution in [0.25, 0.3) is 0 Å². The Bertz CT molecular complexity index is 1000. The van der Waals surface area contributed by atoms with Crippen molar-refractivity contribution in [3.63, 3.8) is 0 Å². The molecule has 0 aliphatic carbocycles. The third-order valence-corrected chi connectivity index (χ3v) is 8.58. The van der Waals surface area contributed by atoms with Crippen molar-refractivity contribution in [3.05, 3.63) is 78.9 Å². The summed E-state index contributed by atoms with van der Waals surface area (Å²) in [6.07, 6.45) is 0. The van der Waals surface area contributed by atoms with Gasteiger partial charge in [-0.1, -0.05) is 72.8 Å². The highest BCUT2D eigenvalue weighted by Crippen LogP contribution is 2.39. The number of hydrogen-bond donors (Lipinski definition) is 0. The molecule has 4 rings (SSSR count). The molecule has 3 aromatic rings. The number of benzene rings is 3. The van der Waals surface area contributed by atoms with Crippen molar-refractivity contribution in [1.82, 2.24) is 0 Å². The smallest absolute Gasteiger partial charge is 0.495 e. The SMILES string of the molecule is COc1ccccc1[P@@](c1ccccc1)c1ccccc1B1OC(C)(C)C(C)(C)O1. The molecule has 1 saturated heterocycles. The third-order valence-electron chi connectivity index (χ3n) is 6.03. The number of ether oxygens (including phenoxy) is 1. The van der Waals surface area contributed by atoms with Gasteiger partial charge in [0.25, 0.3) is 0 Å². The van der Waals surface area contributed by atoms with Crippen LogP contribution in [0.1, 0.15) is 27.7 Å². The van der Waals surface area contributed by atoms with Gasteiger partial charge in [-0.15, -0.1) is 0 Å². The van der Waals surface area contributed by atoms with E-state index in [9.17, 15) is 0 Å². The molecule has 1 aliphatic heterocycles. The van der Waals surface area contributed by atoms with Crippen LogP contribution in [0.5, 0.6) is 5.75 Å². The van der Waals surface area contributed by atoms with Crippen LogP contribution in [-0.2, 0) is 9.31 Å². The Kier molecular flexibility index (Phi) is 5.77. The van der Waals surface area contributed by atoms with Gasteiger partial charge in [0, 0.05) is 5.30 Å². The van der Waals surface area contributed by atoms with Crippen molar-refractivity contribution in [2.75, 3.05) is 7.11 Å². The van der Waals surface area contributed by atoms with E-state index in [0.717, 1.165) is 11.2 Å². The molecule has 0 N–H and O–H groups in total. The first-order chi connectivity index (χ1) is 14.3. The molecule has 1 fully saturated rings. The van der Waals surface area contributed by atoms with E-state index in [1.165, 1.54) is 15.9 Å². The Labute approximate surface area is 181 Å². The molecule has 30 heavy (non-hydrogen) atoms. The van der Waals surface area contributed by atoms with Gasteiger partial charge in [0.1, 0.15) is 5.75 Å². The summed E-state index contributed by atoms with van der Waals surface area (Å²) in [5.74, 6) is 0.899. The largest absolute Gasteiger partial charge is 0.496 e. The van der Waals surface area contributed by atoms with E-state index < -0.39 is 15.0 Å². The fourth-order valence-electron chi connectivity index (χ4n) is 3.66. The van der Waals surface area contributed by atoms with Gasteiger partial charge in [-0.05, 0) is 57.8 Å². The van der Waals surface area contributed by atoms with Crippen molar-refractivity contribution < 1.29 is 14.0 Å². The van der Waals surface area contributed by atoms with Gasteiger partial charge in [-0.2, -0.15) is 0 Å². The lowest BCUT2D eigenvalue weighted by Crippen LogP contribution is -2.44. The normalized spacial score (nSPS) is 18.2. The van der Waals surface area contributed by atoms with Gasteiger partial charge < -0.3 is 14.0 Å². The topological polar surface area (TPSA) is 27.7 Å². The molecular weight excluding hydrogens is 390 g/mol. The maximum Gasteiger partial charge on any atom is 0.495 e. The maximum absolute atomic E-state index is 6.43. The first-order valence-corrected chi connectivity index (χ1v) is 11.6. The lowest BCUT2D eigenvalue weighted by molar-refractivity contribution is 0.00578. The molecule has 5 heteroatoms. The van der Waals surface area contributed by atoms with Crippen LogP contribution in [0.4, 0.5) is 0 Å². The molecule has 0 bridgehead atoms. The highest BCUT2D eigenvalue weighted by Gasteiger charge is 2.52. The molecule has 3 nitrogen and oxygen atoms in total. The molecule has 0 spiro atoms. The van der Waals surface area contributed by atoms with E-state index in [-0.39, 0.29) is 11.2 Å². The molecule has 0 saturated carbocycles. The number of methoxy groups -OCH3 is 1. The monoisotopic (exact) mass is 418 g/mol. The molecule has 0 unspecified atom stereocenters. The Morgan fingerprint density at radius 3 is 1.87 bits per heavy atom. The molecule has 3 aromatic carbocycles.